The molecule has 1 aromatic carbocycles. The van der Waals surface area contributed by atoms with Crippen LogP contribution in [-0.4, -0.2) is 7.11 Å². The summed E-state index contributed by atoms with van der Waals surface area (Å²) in [7, 11) is 1.64. The molecule has 0 unspecified atom stereocenters. The van der Waals surface area contributed by atoms with Crippen molar-refractivity contribution in [2.24, 2.45) is 0 Å². The summed E-state index contributed by atoms with van der Waals surface area (Å²) in [5.41, 5.74) is 2.02. The fraction of sp³-hybridized carbons (Fsp3) is 0.333. The quantitative estimate of drug-likeness (QED) is 0.628. The number of benzene rings is 1. The number of aryl methyl sites for hydroxylation is 1. The van der Waals surface area contributed by atoms with E-state index < -0.39 is 0 Å². The molecule has 0 aliphatic carbocycles. The number of hydrogen-bond donors (Lipinski definition) is 0. The summed E-state index contributed by atoms with van der Waals surface area (Å²) >= 11 is 5.83. The summed E-state index contributed by atoms with van der Waals surface area (Å²) in [5.74, 6) is 0.855. The zero-order chi connectivity index (χ0) is 8.43. The average Bonchev–Trinajstić information content (AvgIpc) is 1.99. The molecule has 0 bridgehead atoms. The van der Waals surface area contributed by atoms with Crippen LogP contribution in [0.3, 0.4) is 0 Å². The summed E-state index contributed by atoms with van der Waals surface area (Å²) in [4.78, 5) is 0. The van der Waals surface area contributed by atoms with Crippen LogP contribution in [0.4, 0.5) is 0 Å². The molecule has 1 nitrogen and oxygen atoms in total. The molecule has 59 valence electrons. The van der Waals surface area contributed by atoms with Gasteiger partial charge < -0.3 is 4.74 Å². The van der Waals surface area contributed by atoms with Crippen LogP contribution < -0.4 is 4.74 Å². The Morgan fingerprint density at radius 2 is 2.09 bits per heavy atom. The van der Waals surface area contributed by atoms with Gasteiger partial charge in [0.15, 0.2) is 0 Å². The second-order valence-electron chi connectivity index (χ2n) is 2.44. The molecule has 0 fully saturated rings. The minimum absolute atomic E-state index is 0.632. The fourth-order valence-corrected chi connectivity index (χ4v) is 1.20. The molecule has 0 saturated heterocycles. The zero-order valence-electron chi connectivity index (χ0n) is 6.86. The number of methoxy groups -OCH3 is 1. The maximum atomic E-state index is 5.83. The fourth-order valence-electron chi connectivity index (χ4n) is 1.05. The first-order chi connectivity index (χ1) is 5.16. The number of rotatable bonds is 1. The lowest BCUT2D eigenvalue weighted by molar-refractivity contribution is 0.408. The van der Waals surface area contributed by atoms with Crippen LogP contribution in [0.2, 0.25) is 5.02 Å². The number of hydrogen-bond acceptors (Lipinski definition) is 1. The van der Waals surface area contributed by atoms with Crippen molar-refractivity contribution < 1.29 is 4.74 Å². The van der Waals surface area contributed by atoms with E-state index in [-0.39, 0.29) is 0 Å². The Hall–Kier alpha value is -0.690. The van der Waals surface area contributed by atoms with Crippen molar-refractivity contribution in [3.8, 4) is 5.75 Å². The van der Waals surface area contributed by atoms with Gasteiger partial charge in [-0.1, -0.05) is 11.6 Å². The minimum atomic E-state index is 0.632. The molecule has 2 heteroatoms. The number of ether oxygens (including phenoxy) is 1. The first-order valence-electron chi connectivity index (χ1n) is 3.38. The van der Waals surface area contributed by atoms with Gasteiger partial charge in [-0.05, 0) is 25.5 Å². The van der Waals surface area contributed by atoms with Crippen LogP contribution in [0.1, 0.15) is 11.1 Å². The van der Waals surface area contributed by atoms with E-state index in [9.17, 15) is 0 Å². The van der Waals surface area contributed by atoms with Crippen molar-refractivity contribution in [1.82, 2.24) is 0 Å². The Kier molecular flexibility index (Phi) is 2.40. The summed E-state index contributed by atoms with van der Waals surface area (Å²) < 4.78 is 5.15. The Morgan fingerprint density at radius 1 is 1.45 bits per heavy atom. The van der Waals surface area contributed by atoms with E-state index in [1.165, 1.54) is 0 Å². The molecular weight excluding hydrogens is 160 g/mol. The maximum Gasteiger partial charge on any atom is 0.126 e. The van der Waals surface area contributed by atoms with Crippen molar-refractivity contribution in [2.45, 2.75) is 13.8 Å². The lowest BCUT2D eigenvalue weighted by Gasteiger charge is -2.08. The second kappa shape index (κ2) is 3.14. The van der Waals surface area contributed by atoms with Crippen LogP contribution in [0, 0.1) is 19.9 Å². The van der Waals surface area contributed by atoms with E-state index in [0.717, 1.165) is 16.9 Å². The third-order valence-electron chi connectivity index (χ3n) is 1.65. The lowest BCUT2D eigenvalue weighted by atomic mass is 10.1. The molecule has 1 aromatic rings. The Balaban J connectivity index is 3.29. The van der Waals surface area contributed by atoms with E-state index in [2.05, 4.69) is 6.07 Å². The molecule has 0 amide bonds. The average molecular weight is 170 g/mol. The first kappa shape index (κ1) is 8.41. The van der Waals surface area contributed by atoms with Crippen molar-refractivity contribution in [3.05, 3.63) is 28.3 Å². The SMILES string of the molecule is COc1c(C)c[c]c(Cl)c1C. The van der Waals surface area contributed by atoms with Crippen LogP contribution in [-0.2, 0) is 0 Å². The monoisotopic (exact) mass is 169 g/mol. The van der Waals surface area contributed by atoms with Gasteiger partial charge in [-0.2, -0.15) is 0 Å². The van der Waals surface area contributed by atoms with Gasteiger partial charge in [0.2, 0.25) is 0 Å². The molecule has 1 radical (unpaired) electrons. The molecule has 0 saturated carbocycles. The van der Waals surface area contributed by atoms with Crippen molar-refractivity contribution in [1.29, 1.82) is 0 Å². The molecule has 0 N–H and O–H groups in total. The summed E-state index contributed by atoms with van der Waals surface area (Å²) in [6.07, 6.45) is 0. The third-order valence-corrected chi connectivity index (χ3v) is 2.04. The Labute approximate surface area is 71.9 Å². The van der Waals surface area contributed by atoms with Crippen molar-refractivity contribution in [3.63, 3.8) is 0 Å². The van der Waals surface area contributed by atoms with E-state index >= 15 is 0 Å². The van der Waals surface area contributed by atoms with Crippen molar-refractivity contribution >= 4 is 11.6 Å². The van der Waals surface area contributed by atoms with Crippen LogP contribution in [0.5, 0.6) is 5.75 Å². The third kappa shape index (κ3) is 1.48. The zero-order valence-corrected chi connectivity index (χ0v) is 7.62. The van der Waals surface area contributed by atoms with E-state index in [4.69, 9.17) is 16.3 Å². The van der Waals surface area contributed by atoms with Gasteiger partial charge in [-0.25, -0.2) is 0 Å². The maximum absolute atomic E-state index is 5.83. The topological polar surface area (TPSA) is 9.23 Å². The highest BCUT2D eigenvalue weighted by Crippen LogP contribution is 2.27. The highest BCUT2D eigenvalue weighted by molar-refractivity contribution is 6.31. The molecule has 0 aliphatic rings. The van der Waals surface area contributed by atoms with Gasteiger partial charge in [0.25, 0.3) is 0 Å². The van der Waals surface area contributed by atoms with Gasteiger partial charge in [-0.3, -0.25) is 0 Å². The Bertz CT molecular complexity index is 269. The van der Waals surface area contributed by atoms with E-state index in [1.807, 2.05) is 19.9 Å². The summed E-state index contributed by atoms with van der Waals surface area (Å²) in [6.45, 7) is 3.89. The highest BCUT2D eigenvalue weighted by atomic mass is 35.5. The number of halogens is 1. The molecule has 1 rings (SSSR count). The minimum Gasteiger partial charge on any atom is -0.496 e. The van der Waals surface area contributed by atoms with Crippen LogP contribution >= 0.6 is 11.6 Å². The van der Waals surface area contributed by atoms with Crippen LogP contribution in [0.15, 0.2) is 6.07 Å². The largest absolute Gasteiger partial charge is 0.496 e. The van der Waals surface area contributed by atoms with Crippen LogP contribution in [0.25, 0.3) is 0 Å². The van der Waals surface area contributed by atoms with Gasteiger partial charge in [0.1, 0.15) is 5.75 Å². The first-order valence-corrected chi connectivity index (χ1v) is 3.76. The van der Waals surface area contributed by atoms with E-state index in [1.54, 1.807) is 7.11 Å². The molecule has 0 spiro atoms. The lowest BCUT2D eigenvalue weighted by Crippen LogP contribution is -1.90. The van der Waals surface area contributed by atoms with Crippen molar-refractivity contribution in [2.75, 3.05) is 7.11 Å². The molecule has 11 heavy (non-hydrogen) atoms. The van der Waals surface area contributed by atoms with Gasteiger partial charge in [0.05, 0.1) is 12.1 Å². The van der Waals surface area contributed by atoms with Gasteiger partial charge in [-0.15, -0.1) is 0 Å². The predicted octanol–water partition coefficient (Wildman–Crippen LogP) is 2.77. The van der Waals surface area contributed by atoms with Gasteiger partial charge in [0, 0.05) is 11.6 Å². The molecular formula is C9H10ClO. The second-order valence-corrected chi connectivity index (χ2v) is 2.82. The summed E-state index contributed by atoms with van der Waals surface area (Å²) in [6, 6.07) is 4.76. The van der Waals surface area contributed by atoms with E-state index in [0.29, 0.717) is 5.02 Å². The smallest absolute Gasteiger partial charge is 0.126 e. The molecule has 0 aliphatic heterocycles. The van der Waals surface area contributed by atoms with Gasteiger partial charge >= 0.3 is 0 Å². The molecule has 0 aromatic heterocycles. The Morgan fingerprint density at radius 3 is 2.55 bits per heavy atom. The highest BCUT2D eigenvalue weighted by Gasteiger charge is 2.05. The molecule has 0 atom stereocenters. The predicted molar refractivity (Wildman–Crippen MR) is 46.3 cm³/mol. The summed E-state index contributed by atoms with van der Waals surface area (Å²) in [5, 5.41) is 0.632. The molecule has 0 heterocycles. The normalized spacial score (nSPS) is 9.82. The standard InChI is InChI=1S/C9H10ClO/c1-6-4-5-8(10)7(2)9(6)11-3/h4H,1-3H3.